The van der Waals surface area contributed by atoms with Gasteiger partial charge in [-0.25, -0.2) is 9.36 Å². The van der Waals surface area contributed by atoms with E-state index in [1.165, 1.54) is 4.57 Å². The third kappa shape index (κ3) is 4.54. The van der Waals surface area contributed by atoms with Gasteiger partial charge in [-0.2, -0.15) is 4.98 Å². The fourth-order valence-corrected chi connectivity index (χ4v) is 6.37. The second-order valence-electron chi connectivity index (χ2n) is 11.0. The topological polar surface area (TPSA) is 123 Å². The Morgan fingerprint density at radius 2 is 1.82 bits per heavy atom. The first-order chi connectivity index (χ1) is 18.4. The highest BCUT2D eigenvalue weighted by atomic mass is 16.2. The van der Waals surface area contributed by atoms with Crippen molar-refractivity contribution in [3.63, 3.8) is 0 Å². The summed E-state index contributed by atoms with van der Waals surface area (Å²) >= 11 is 0. The summed E-state index contributed by atoms with van der Waals surface area (Å²) in [7, 11) is 1.61. The van der Waals surface area contributed by atoms with Gasteiger partial charge in [-0.05, 0) is 50.3 Å². The number of nitrogens with one attached hydrogen (secondary N) is 1. The molecule has 11 heteroatoms. The van der Waals surface area contributed by atoms with E-state index < -0.39 is 11.2 Å². The van der Waals surface area contributed by atoms with Gasteiger partial charge in [0, 0.05) is 38.8 Å². The summed E-state index contributed by atoms with van der Waals surface area (Å²) in [6.07, 6.45) is 4.01. The molecule has 3 aromatic rings. The molecule has 38 heavy (non-hydrogen) atoms. The highest BCUT2D eigenvalue weighted by Crippen LogP contribution is 2.27. The number of nitrogens with two attached hydrogens (primary N) is 1. The molecule has 2 bridgehead atoms. The van der Waals surface area contributed by atoms with Crippen LogP contribution in [0.4, 0.5) is 5.95 Å². The second kappa shape index (κ2) is 10.0. The number of nitrogens with zero attached hydrogens (tertiary/aromatic N) is 6. The van der Waals surface area contributed by atoms with Gasteiger partial charge in [-0.15, -0.1) is 0 Å². The average Bonchev–Trinajstić information content (AvgIpc) is 3.30. The first-order valence-corrected chi connectivity index (χ1v) is 13.7. The van der Waals surface area contributed by atoms with Crippen molar-refractivity contribution in [2.75, 3.05) is 37.6 Å². The maximum absolute atomic E-state index is 13.9. The molecule has 0 saturated carbocycles. The molecule has 1 amide bonds. The van der Waals surface area contributed by atoms with Gasteiger partial charge in [-0.1, -0.05) is 30.3 Å². The minimum atomic E-state index is -0.544. The van der Waals surface area contributed by atoms with Gasteiger partial charge in [0.2, 0.25) is 11.9 Å². The fraction of sp³-hybridized carbons (Fsp3) is 0.556. The van der Waals surface area contributed by atoms with Crippen molar-refractivity contribution < 1.29 is 4.79 Å². The first-order valence-electron chi connectivity index (χ1n) is 13.7. The summed E-state index contributed by atoms with van der Waals surface area (Å²) in [4.78, 5) is 49.6. The van der Waals surface area contributed by atoms with Gasteiger partial charge < -0.3 is 20.9 Å². The van der Waals surface area contributed by atoms with Crippen LogP contribution in [0.2, 0.25) is 0 Å². The standard InChI is InChI=1S/C27H36N8O3/c1-31-24-23(25(37)35(27(31)38)17-22(36)29-21-16-32-12-9-19(21)10-13-32)34(14-18-6-3-2-4-7-18)26(30-24)33-11-5-8-20(28)15-33/h2-4,6-7,19-21H,5,8-17,28H2,1H3,(H,29,36). The lowest BCUT2D eigenvalue weighted by molar-refractivity contribution is -0.123. The molecule has 3 N–H and O–H groups in total. The molecule has 4 aliphatic heterocycles. The summed E-state index contributed by atoms with van der Waals surface area (Å²) < 4.78 is 4.31. The van der Waals surface area contributed by atoms with E-state index in [9.17, 15) is 14.4 Å². The number of carbonyl (C=O) groups excluding carboxylic acids is 1. The molecule has 7 rings (SSSR count). The van der Waals surface area contributed by atoms with E-state index in [1.807, 2.05) is 34.9 Å². The Morgan fingerprint density at radius 3 is 2.50 bits per heavy atom. The Labute approximate surface area is 220 Å². The molecule has 1 aromatic carbocycles. The van der Waals surface area contributed by atoms with Crippen LogP contribution in [0.1, 0.15) is 31.2 Å². The SMILES string of the molecule is Cn1c(=O)n(CC(=O)NC2CN3CCC2CC3)c(=O)c2c1nc(N1CCCC(N)C1)n2Cc1ccccc1. The van der Waals surface area contributed by atoms with E-state index in [0.29, 0.717) is 36.1 Å². The fourth-order valence-electron chi connectivity index (χ4n) is 6.37. The van der Waals surface area contributed by atoms with Crippen molar-refractivity contribution in [3.8, 4) is 0 Å². The molecular weight excluding hydrogens is 484 g/mol. The highest BCUT2D eigenvalue weighted by Gasteiger charge is 2.35. The van der Waals surface area contributed by atoms with Gasteiger partial charge >= 0.3 is 5.69 Å². The molecule has 4 aliphatic rings. The quantitative estimate of drug-likeness (QED) is 0.472. The number of piperidine rings is 4. The molecule has 0 aliphatic carbocycles. The minimum Gasteiger partial charge on any atom is -0.350 e. The Balaban J connectivity index is 1.39. The van der Waals surface area contributed by atoms with E-state index in [2.05, 4.69) is 15.1 Å². The molecule has 202 valence electrons. The number of hydrogen-bond donors (Lipinski definition) is 2. The van der Waals surface area contributed by atoms with Crippen LogP contribution in [0.5, 0.6) is 0 Å². The van der Waals surface area contributed by atoms with E-state index >= 15 is 0 Å². The normalized spacial score (nSPS) is 25.2. The Hall–Kier alpha value is -3.44. The van der Waals surface area contributed by atoms with Crippen LogP contribution in [0.3, 0.4) is 0 Å². The lowest BCUT2D eigenvalue weighted by atomic mass is 9.84. The predicted molar refractivity (Wildman–Crippen MR) is 145 cm³/mol. The van der Waals surface area contributed by atoms with Crippen LogP contribution in [0, 0.1) is 5.92 Å². The van der Waals surface area contributed by atoms with Gasteiger partial charge in [0.1, 0.15) is 6.54 Å². The molecule has 0 spiro atoms. The number of hydrogen-bond acceptors (Lipinski definition) is 7. The predicted octanol–water partition coefficient (Wildman–Crippen LogP) is 0.0829. The lowest BCUT2D eigenvalue weighted by Crippen LogP contribution is -2.58. The molecule has 6 heterocycles. The maximum atomic E-state index is 13.9. The number of carbonyl (C=O) groups is 1. The molecule has 2 atom stereocenters. The minimum absolute atomic E-state index is 0.0179. The van der Waals surface area contributed by atoms with Crippen molar-refractivity contribution >= 4 is 23.0 Å². The van der Waals surface area contributed by atoms with Crippen molar-refractivity contribution in [3.05, 3.63) is 56.7 Å². The third-order valence-corrected chi connectivity index (χ3v) is 8.44. The van der Waals surface area contributed by atoms with Crippen molar-refractivity contribution in [2.24, 2.45) is 18.7 Å². The molecule has 11 nitrogen and oxygen atoms in total. The zero-order chi connectivity index (χ0) is 26.4. The number of benzene rings is 1. The van der Waals surface area contributed by atoms with Gasteiger partial charge in [0.25, 0.3) is 5.56 Å². The lowest BCUT2D eigenvalue weighted by Gasteiger charge is -2.44. The van der Waals surface area contributed by atoms with Crippen LogP contribution in [0.25, 0.3) is 11.2 Å². The van der Waals surface area contributed by atoms with Crippen LogP contribution in [-0.4, -0.2) is 74.3 Å². The molecule has 2 unspecified atom stereocenters. The third-order valence-electron chi connectivity index (χ3n) is 8.44. The van der Waals surface area contributed by atoms with Crippen LogP contribution >= 0.6 is 0 Å². The summed E-state index contributed by atoms with van der Waals surface area (Å²) in [6.45, 7) is 4.47. The molecular formula is C27H36N8O3. The summed E-state index contributed by atoms with van der Waals surface area (Å²) in [6, 6.07) is 9.94. The first kappa shape index (κ1) is 24.9. The van der Waals surface area contributed by atoms with E-state index in [-0.39, 0.29) is 24.5 Å². The molecule has 2 aromatic heterocycles. The van der Waals surface area contributed by atoms with Crippen molar-refractivity contribution in [1.29, 1.82) is 0 Å². The summed E-state index contributed by atoms with van der Waals surface area (Å²) in [5.41, 5.74) is 6.88. The monoisotopic (exact) mass is 520 g/mol. The largest absolute Gasteiger partial charge is 0.350 e. The molecule has 4 saturated heterocycles. The van der Waals surface area contributed by atoms with Crippen LogP contribution in [-0.2, 0) is 24.9 Å². The number of anilines is 1. The van der Waals surface area contributed by atoms with E-state index in [1.54, 1.807) is 7.05 Å². The van der Waals surface area contributed by atoms with Crippen molar-refractivity contribution in [2.45, 2.75) is 50.9 Å². The molecule has 4 fully saturated rings. The number of amides is 1. The van der Waals surface area contributed by atoms with E-state index in [0.717, 1.165) is 62.0 Å². The summed E-state index contributed by atoms with van der Waals surface area (Å²) in [5.74, 6) is 0.774. The zero-order valence-corrected chi connectivity index (χ0v) is 21.9. The van der Waals surface area contributed by atoms with E-state index in [4.69, 9.17) is 10.7 Å². The van der Waals surface area contributed by atoms with Gasteiger partial charge in [-0.3, -0.25) is 18.7 Å². The Morgan fingerprint density at radius 1 is 1.05 bits per heavy atom. The zero-order valence-electron chi connectivity index (χ0n) is 21.9. The van der Waals surface area contributed by atoms with Crippen LogP contribution < -0.4 is 27.2 Å². The highest BCUT2D eigenvalue weighted by molar-refractivity contribution is 5.78. The van der Waals surface area contributed by atoms with Gasteiger partial charge in [0.05, 0.1) is 6.54 Å². The summed E-state index contributed by atoms with van der Waals surface area (Å²) in [5, 5.41) is 3.10. The number of fused-ring (bicyclic) bond motifs is 4. The number of imidazole rings is 1. The van der Waals surface area contributed by atoms with Crippen molar-refractivity contribution in [1.82, 2.24) is 28.9 Å². The number of aryl methyl sites for hydroxylation is 1. The Bertz CT molecular complexity index is 1450. The van der Waals surface area contributed by atoms with Crippen LogP contribution in [0.15, 0.2) is 39.9 Å². The number of aromatic nitrogens is 4. The van der Waals surface area contributed by atoms with Gasteiger partial charge in [0.15, 0.2) is 11.2 Å². The maximum Gasteiger partial charge on any atom is 0.332 e. The Kier molecular flexibility index (Phi) is 6.56. The second-order valence-corrected chi connectivity index (χ2v) is 11.0. The smallest absolute Gasteiger partial charge is 0.332 e. The number of rotatable bonds is 6. The molecule has 0 radical (unpaired) electrons. The average molecular weight is 521 g/mol.